The van der Waals surface area contributed by atoms with Gasteiger partial charge < -0.3 is 25.2 Å². The third kappa shape index (κ3) is 36.1. The molecule has 0 amide bonds. The first-order chi connectivity index (χ1) is 24.7. The number of allylic oxidation sites excluding steroid dienone is 8. The highest BCUT2D eigenvalue weighted by atomic mass is 31.2. The van der Waals surface area contributed by atoms with Crippen LogP contribution in [0.5, 0.6) is 0 Å². The van der Waals surface area contributed by atoms with Gasteiger partial charge in [0, 0.05) is 13.0 Å². The summed E-state index contributed by atoms with van der Waals surface area (Å²) in [4.78, 5) is 33.4. The van der Waals surface area contributed by atoms with Crippen molar-refractivity contribution in [1.82, 2.24) is 0 Å². The zero-order valence-corrected chi connectivity index (χ0v) is 32.8. The van der Waals surface area contributed by atoms with Gasteiger partial charge in [-0.15, -0.1) is 0 Å². The van der Waals surface area contributed by atoms with E-state index < -0.39 is 45.1 Å². The molecule has 51 heavy (non-hydrogen) atoms. The Morgan fingerprint density at radius 2 is 1.14 bits per heavy atom. The van der Waals surface area contributed by atoms with Crippen LogP contribution in [0.4, 0.5) is 0 Å². The Hall–Kier alpha value is -2.07. The second-order valence-electron chi connectivity index (χ2n) is 13.0. The Labute approximate surface area is 309 Å². The molecule has 11 heteroatoms. The molecule has 0 aliphatic heterocycles. The van der Waals surface area contributed by atoms with E-state index in [0.29, 0.717) is 13.0 Å². The summed E-state index contributed by atoms with van der Waals surface area (Å²) in [6, 6.07) is -1.47. The average Bonchev–Trinajstić information content (AvgIpc) is 3.10. The number of carboxylic acid groups (broad SMARTS) is 1. The molecule has 0 fully saturated rings. The summed E-state index contributed by atoms with van der Waals surface area (Å²) in [6.45, 7) is 3.72. The molecule has 3 atom stereocenters. The zero-order valence-electron chi connectivity index (χ0n) is 31.9. The van der Waals surface area contributed by atoms with Crippen molar-refractivity contribution in [2.24, 2.45) is 5.73 Å². The number of carbonyl (C=O) groups excluding carboxylic acids is 1. The smallest absolute Gasteiger partial charge is 0.472 e. The van der Waals surface area contributed by atoms with E-state index in [2.05, 4.69) is 67.0 Å². The molecule has 0 aromatic rings. The lowest BCUT2D eigenvalue weighted by Crippen LogP contribution is -2.34. The summed E-state index contributed by atoms with van der Waals surface area (Å²) < 4.78 is 33.2. The van der Waals surface area contributed by atoms with Crippen LogP contribution in [-0.2, 0) is 32.7 Å². The number of carboxylic acids is 1. The number of carbonyl (C=O) groups is 2. The summed E-state index contributed by atoms with van der Waals surface area (Å²) in [7, 11) is -4.61. The molecule has 0 spiro atoms. The van der Waals surface area contributed by atoms with E-state index in [4.69, 9.17) is 24.8 Å². The molecule has 0 saturated carbocycles. The molecule has 3 unspecified atom stereocenters. The molecule has 4 N–H and O–H groups in total. The van der Waals surface area contributed by atoms with Crippen molar-refractivity contribution in [3.63, 3.8) is 0 Å². The number of ether oxygens (including phenoxy) is 2. The number of unbranched alkanes of at least 4 members (excludes halogenated alkanes) is 15. The van der Waals surface area contributed by atoms with Gasteiger partial charge in [0.2, 0.25) is 0 Å². The van der Waals surface area contributed by atoms with Gasteiger partial charge >= 0.3 is 19.8 Å². The minimum absolute atomic E-state index is 0.0110. The zero-order chi connectivity index (χ0) is 37.7. The molecule has 0 aromatic heterocycles. The maximum Gasteiger partial charge on any atom is 0.472 e. The van der Waals surface area contributed by atoms with Crippen molar-refractivity contribution in [3.05, 3.63) is 48.6 Å². The fourth-order valence-corrected chi connectivity index (χ4v) is 5.84. The Morgan fingerprint density at radius 3 is 1.71 bits per heavy atom. The van der Waals surface area contributed by atoms with Gasteiger partial charge in [-0.3, -0.25) is 18.6 Å². The van der Waals surface area contributed by atoms with Crippen LogP contribution in [-0.4, -0.2) is 60.5 Å². The topological polar surface area (TPSA) is 155 Å². The lowest BCUT2D eigenvalue weighted by atomic mass is 10.1. The van der Waals surface area contributed by atoms with Gasteiger partial charge in [-0.05, 0) is 51.4 Å². The number of hydrogen-bond donors (Lipinski definition) is 3. The van der Waals surface area contributed by atoms with Crippen LogP contribution in [0.1, 0.15) is 155 Å². The third-order valence-electron chi connectivity index (χ3n) is 8.12. The van der Waals surface area contributed by atoms with Crippen molar-refractivity contribution >= 4 is 19.8 Å². The maximum atomic E-state index is 12.6. The molecule has 0 saturated heterocycles. The second kappa shape index (κ2) is 36.3. The molecule has 0 rings (SSSR count). The fourth-order valence-electron chi connectivity index (χ4n) is 5.06. The molecular formula is C40H72NO9P. The first-order valence-corrected chi connectivity index (χ1v) is 21.2. The first kappa shape index (κ1) is 48.9. The van der Waals surface area contributed by atoms with Crippen LogP contribution < -0.4 is 5.73 Å². The predicted molar refractivity (Wildman–Crippen MR) is 208 cm³/mol. The largest absolute Gasteiger partial charge is 0.480 e. The van der Waals surface area contributed by atoms with Gasteiger partial charge in [-0.1, -0.05) is 146 Å². The van der Waals surface area contributed by atoms with E-state index in [0.717, 1.165) is 83.5 Å². The number of esters is 1. The van der Waals surface area contributed by atoms with Gasteiger partial charge in [0.25, 0.3) is 0 Å². The molecule has 296 valence electrons. The molecular weight excluding hydrogens is 669 g/mol. The Bertz CT molecular complexity index is 998. The standard InChI is InChI=1S/C40H72NO9P/c1-3-5-7-9-11-13-15-16-17-18-19-20-21-22-23-24-26-28-30-32-39(42)50-37(35-48-51(45,46)49-36-38(41)40(43)44)34-47-33-31-29-27-25-14-12-10-8-6-4-2/h5,7,11,13,16-17,19-20,37-38H,3-4,6,8-10,12,14-15,18,21-36,41H2,1-2H3,(H,43,44)(H,45,46)/b7-5-,13-11-,17-16-,20-19-. The van der Waals surface area contributed by atoms with Crippen molar-refractivity contribution in [2.75, 3.05) is 26.4 Å². The summed E-state index contributed by atoms with van der Waals surface area (Å²) in [5.41, 5.74) is 5.33. The number of phosphoric ester groups is 1. The number of phosphoric acid groups is 1. The molecule has 0 aliphatic rings. The summed E-state index contributed by atoms with van der Waals surface area (Å²) in [5.74, 6) is -1.80. The number of hydrogen-bond acceptors (Lipinski definition) is 8. The fraction of sp³-hybridized carbons (Fsp3) is 0.750. The van der Waals surface area contributed by atoms with E-state index in [1.54, 1.807) is 0 Å². The summed E-state index contributed by atoms with van der Waals surface area (Å²) >= 11 is 0. The minimum atomic E-state index is -4.61. The van der Waals surface area contributed by atoms with Gasteiger partial charge in [-0.2, -0.15) is 0 Å². The SMILES string of the molecule is CC/C=C\C/C=C\C/C=C\C/C=C\CCCCCCCCC(=O)OC(COCCCCCCCCCCCC)COP(=O)(O)OCC(N)C(=O)O. The quantitative estimate of drug-likeness (QED) is 0.0242. The molecule has 0 heterocycles. The van der Waals surface area contributed by atoms with Crippen molar-refractivity contribution in [1.29, 1.82) is 0 Å². The van der Waals surface area contributed by atoms with Crippen LogP contribution >= 0.6 is 7.82 Å². The molecule has 0 aromatic carbocycles. The van der Waals surface area contributed by atoms with Crippen LogP contribution in [0.2, 0.25) is 0 Å². The van der Waals surface area contributed by atoms with Crippen molar-refractivity contribution in [3.8, 4) is 0 Å². The lowest BCUT2D eigenvalue weighted by Gasteiger charge is -2.20. The molecule has 10 nitrogen and oxygen atoms in total. The highest BCUT2D eigenvalue weighted by Crippen LogP contribution is 2.43. The third-order valence-corrected chi connectivity index (χ3v) is 9.07. The van der Waals surface area contributed by atoms with Gasteiger partial charge in [-0.25, -0.2) is 4.57 Å². The molecule has 0 bridgehead atoms. The lowest BCUT2D eigenvalue weighted by molar-refractivity contribution is -0.154. The highest BCUT2D eigenvalue weighted by Gasteiger charge is 2.27. The normalized spacial score (nSPS) is 14.6. The van der Waals surface area contributed by atoms with Crippen LogP contribution in [0.15, 0.2) is 48.6 Å². The summed E-state index contributed by atoms with van der Waals surface area (Å²) in [5, 5.41) is 8.86. The predicted octanol–water partition coefficient (Wildman–Crippen LogP) is 10.3. The van der Waals surface area contributed by atoms with E-state index in [1.807, 2.05) is 0 Å². The van der Waals surface area contributed by atoms with E-state index in [-0.39, 0.29) is 13.0 Å². The van der Waals surface area contributed by atoms with E-state index >= 15 is 0 Å². The van der Waals surface area contributed by atoms with Crippen LogP contribution in [0.25, 0.3) is 0 Å². The Kier molecular flexibility index (Phi) is 34.8. The maximum absolute atomic E-state index is 12.6. The number of aliphatic carboxylic acids is 1. The van der Waals surface area contributed by atoms with Crippen molar-refractivity contribution in [2.45, 2.75) is 167 Å². The van der Waals surface area contributed by atoms with E-state index in [9.17, 15) is 19.0 Å². The van der Waals surface area contributed by atoms with Gasteiger partial charge in [0.05, 0.1) is 19.8 Å². The Morgan fingerprint density at radius 1 is 0.647 bits per heavy atom. The van der Waals surface area contributed by atoms with Crippen molar-refractivity contribution < 1.29 is 42.7 Å². The van der Waals surface area contributed by atoms with Gasteiger partial charge in [0.1, 0.15) is 12.1 Å². The average molecular weight is 742 g/mol. The number of nitrogens with two attached hydrogens (primary N) is 1. The minimum Gasteiger partial charge on any atom is -0.480 e. The Balaban J connectivity index is 4.28. The van der Waals surface area contributed by atoms with Crippen LogP contribution in [0.3, 0.4) is 0 Å². The monoisotopic (exact) mass is 741 g/mol. The molecule has 0 aliphatic carbocycles. The molecule has 0 radical (unpaired) electrons. The number of rotatable bonds is 37. The van der Waals surface area contributed by atoms with E-state index in [1.165, 1.54) is 44.9 Å². The second-order valence-corrected chi connectivity index (χ2v) is 14.5. The van der Waals surface area contributed by atoms with Gasteiger partial charge in [0.15, 0.2) is 0 Å². The van der Waals surface area contributed by atoms with Crippen LogP contribution in [0, 0.1) is 0 Å². The summed E-state index contributed by atoms with van der Waals surface area (Å²) in [6.07, 6.45) is 40.2. The highest BCUT2D eigenvalue weighted by molar-refractivity contribution is 7.47. The first-order valence-electron chi connectivity index (χ1n) is 19.7.